The molecule has 1 N–H and O–H groups in total. The van der Waals surface area contributed by atoms with Gasteiger partial charge >= 0.3 is 8.80 Å². The Bertz CT molecular complexity index is 362. The molecule has 23 heavy (non-hydrogen) atoms. The summed E-state index contributed by atoms with van der Waals surface area (Å²) in [7, 11) is -1.22. The molecule has 0 spiro atoms. The first-order valence-electron chi connectivity index (χ1n) is 8.50. The van der Waals surface area contributed by atoms with E-state index < -0.39 is 18.9 Å². The Morgan fingerprint density at radius 2 is 1.04 bits per heavy atom. The number of hydrogen-bond acceptors (Lipinski definition) is 5. The van der Waals surface area contributed by atoms with Gasteiger partial charge in [-0.3, -0.25) is 4.55 Å². The molecule has 8 heteroatoms. The maximum absolute atomic E-state index is 10.5. The van der Waals surface area contributed by atoms with E-state index in [1.165, 1.54) is 32.1 Å². The Morgan fingerprint density at radius 3 is 1.39 bits per heavy atom. The molecule has 0 saturated carbocycles. The predicted octanol–water partition coefficient (Wildman–Crippen LogP) is 3.65. The van der Waals surface area contributed by atoms with Crippen molar-refractivity contribution in [2.75, 3.05) is 27.1 Å². The lowest BCUT2D eigenvalue weighted by molar-refractivity contribution is 0.122. The topological polar surface area (TPSA) is 82.1 Å². The Labute approximate surface area is 143 Å². The van der Waals surface area contributed by atoms with Crippen LogP contribution >= 0.6 is 0 Å². The molecule has 0 fully saturated rings. The highest BCUT2D eigenvalue weighted by molar-refractivity contribution is 7.85. The molecule has 0 aromatic carbocycles. The van der Waals surface area contributed by atoms with Gasteiger partial charge in [0, 0.05) is 27.4 Å². The average Bonchev–Trinajstić information content (AvgIpc) is 2.52. The highest BCUT2D eigenvalue weighted by Gasteiger charge is 2.36. The van der Waals surface area contributed by atoms with Crippen LogP contribution in [-0.4, -0.2) is 48.9 Å². The van der Waals surface area contributed by atoms with Gasteiger partial charge in [0.05, 0.1) is 5.75 Å². The molecule has 140 valence electrons. The van der Waals surface area contributed by atoms with E-state index in [9.17, 15) is 8.42 Å². The van der Waals surface area contributed by atoms with E-state index in [0.717, 1.165) is 31.7 Å². The van der Waals surface area contributed by atoms with Gasteiger partial charge in [0.1, 0.15) is 0 Å². The van der Waals surface area contributed by atoms with Gasteiger partial charge in [-0.05, 0) is 12.8 Å². The van der Waals surface area contributed by atoms with Crippen molar-refractivity contribution in [2.45, 2.75) is 70.3 Å². The standard InChI is InChI=1S/C15H34O6SSi/c1-19-23(20-2,21-3)15-13-11-9-7-5-4-6-8-10-12-14-22(16,17)18/h4-15H2,1-3H3,(H,16,17,18). The zero-order valence-electron chi connectivity index (χ0n) is 14.9. The van der Waals surface area contributed by atoms with Crippen molar-refractivity contribution in [1.29, 1.82) is 0 Å². The summed E-state index contributed by atoms with van der Waals surface area (Å²) in [6.07, 6.45) is 10.7. The smallest absolute Gasteiger partial charge is 0.377 e. The third kappa shape index (κ3) is 13.0. The van der Waals surface area contributed by atoms with Crippen LogP contribution in [0.3, 0.4) is 0 Å². The van der Waals surface area contributed by atoms with Crippen molar-refractivity contribution in [3.8, 4) is 0 Å². The molecule has 0 aliphatic rings. The van der Waals surface area contributed by atoms with Crippen molar-refractivity contribution in [1.82, 2.24) is 0 Å². The first-order valence-corrected chi connectivity index (χ1v) is 12.0. The Balaban J connectivity index is 3.37. The average molecular weight is 371 g/mol. The summed E-state index contributed by atoms with van der Waals surface area (Å²) >= 11 is 0. The third-order valence-corrected chi connectivity index (χ3v) is 7.70. The van der Waals surface area contributed by atoms with Gasteiger partial charge < -0.3 is 13.3 Å². The van der Waals surface area contributed by atoms with Crippen LogP contribution in [0.1, 0.15) is 64.2 Å². The maximum atomic E-state index is 10.5. The van der Waals surface area contributed by atoms with E-state index in [4.69, 9.17) is 17.8 Å². The van der Waals surface area contributed by atoms with E-state index >= 15 is 0 Å². The molecule has 0 atom stereocenters. The van der Waals surface area contributed by atoms with Crippen molar-refractivity contribution in [3.05, 3.63) is 0 Å². The molecule has 6 nitrogen and oxygen atoms in total. The van der Waals surface area contributed by atoms with Crippen LogP contribution in [0.5, 0.6) is 0 Å². The lowest BCUT2D eigenvalue weighted by atomic mass is 10.1. The monoisotopic (exact) mass is 370 g/mol. The van der Waals surface area contributed by atoms with Crippen molar-refractivity contribution in [3.63, 3.8) is 0 Å². The summed E-state index contributed by atoms with van der Waals surface area (Å²) in [5.74, 6) is -0.109. The van der Waals surface area contributed by atoms with Gasteiger partial charge in [-0.2, -0.15) is 8.42 Å². The van der Waals surface area contributed by atoms with E-state index in [-0.39, 0.29) is 5.75 Å². The lowest BCUT2D eigenvalue weighted by Crippen LogP contribution is -2.42. The molecule has 0 saturated heterocycles. The molecule has 0 bridgehead atoms. The van der Waals surface area contributed by atoms with E-state index in [1.54, 1.807) is 21.3 Å². The van der Waals surface area contributed by atoms with Gasteiger partial charge in [-0.25, -0.2) is 0 Å². The van der Waals surface area contributed by atoms with Crippen LogP contribution in [0, 0.1) is 0 Å². The first kappa shape index (κ1) is 23.0. The predicted molar refractivity (Wildman–Crippen MR) is 94.2 cm³/mol. The Hall–Kier alpha value is 0.00688. The fraction of sp³-hybridized carbons (Fsp3) is 1.00. The Kier molecular flexibility index (Phi) is 13.3. The summed E-state index contributed by atoms with van der Waals surface area (Å²) in [6.45, 7) is 0. The summed E-state index contributed by atoms with van der Waals surface area (Å²) in [5.41, 5.74) is 0. The third-order valence-electron chi connectivity index (χ3n) is 4.07. The van der Waals surface area contributed by atoms with Crippen molar-refractivity contribution in [2.24, 2.45) is 0 Å². The van der Waals surface area contributed by atoms with Crippen LogP contribution in [0.15, 0.2) is 0 Å². The molecule has 0 unspecified atom stereocenters. The van der Waals surface area contributed by atoms with Crippen LogP contribution in [-0.2, 0) is 23.4 Å². The maximum Gasteiger partial charge on any atom is 0.500 e. The number of unbranched alkanes of at least 4 members (excludes halogenated alkanes) is 9. The zero-order chi connectivity index (χ0) is 17.6. The van der Waals surface area contributed by atoms with E-state index in [2.05, 4.69) is 0 Å². The SMILES string of the molecule is CO[Si](CCCCCCCCCCCCS(=O)(=O)O)(OC)OC. The molecule has 0 aromatic rings. The lowest BCUT2D eigenvalue weighted by Gasteiger charge is -2.24. The van der Waals surface area contributed by atoms with Crippen LogP contribution in [0.2, 0.25) is 6.04 Å². The van der Waals surface area contributed by atoms with Gasteiger partial charge in [-0.15, -0.1) is 0 Å². The van der Waals surface area contributed by atoms with Gasteiger partial charge in [0.25, 0.3) is 10.1 Å². The summed E-state index contributed by atoms with van der Waals surface area (Å²) in [5, 5.41) is 0. The van der Waals surface area contributed by atoms with Gasteiger partial charge in [0.2, 0.25) is 0 Å². The fourth-order valence-corrected chi connectivity index (χ4v) is 4.96. The minimum absolute atomic E-state index is 0.109. The van der Waals surface area contributed by atoms with Crippen LogP contribution < -0.4 is 0 Å². The van der Waals surface area contributed by atoms with Gasteiger partial charge in [-0.1, -0.05) is 51.4 Å². The summed E-state index contributed by atoms with van der Waals surface area (Å²) in [6, 6.07) is 0.865. The van der Waals surface area contributed by atoms with Crippen LogP contribution in [0.4, 0.5) is 0 Å². The van der Waals surface area contributed by atoms with Crippen LogP contribution in [0.25, 0.3) is 0 Å². The molecule has 0 radical (unpaired) electrons. The Morgan fingerprint density at radius 1 is 0.696 bits per heavy atom. The molecular weight excluding hydrogens is 336 g/mol. The minimum Gasteiger partial charge on any atom is -0.377 e. The zero-order valence-corrected chi connectivity index (χ0v) is 16.7. The number of rotatable bonds is 16. The quantitative estimate of drug-likeness (QED) is 0.254. The molecule has 0 aliphatic heterocycles. The second-order valence-electron chi connectivity index (χ2n) is 5.87. The molecule has 0 heterocycles. The largest absolute Gasteiger partial charge is 0.500 e. The molecule has 0 rings (SSSR count). The molecule has 0 amide bonds. The highest BCUT2D eigenvalue weighted by atomic mass is 32.2. The fourth-order valence-electron chi connectivity index (χ4n) is 2.60. The summed E-state index contributed by atoms with van der Waals surface area (Å²) in [4.78, 5) is 0. The van der Waals surface area contributed by atoms with Crippen molar-refractivity contribution >= 4 is 18.9 Å². The van der Waals surface area contributed by atoms with Gasteiger partial charge in [0.15, 0.2) is 0 Å². The molecule has 0 aliphatic carbocycles. The second kappa shape index (κ2) is 13.3. The first-order chi connectivity index (χ1) is 10.9. The molecular formula is C15H34O6SSi. The van der Waals surface area contributed by atoms with Crippen molar-refractivity contribution < 1.29 is 26.2 Å². The van der Waals surface area contributed by atoms with E-state index in [0.29, 0.717) is 6.42 Å². The van der Waals surface area contributed by atoms with E-state index in [1.807, 2.05) is 0 Å². The summed E-state index contributed by atoms with van der Waals surface area (Å²) < 4.78 is 45.9. The minimum atomic E-state index is -3.77. The normalized spacial score (nSPS) is 12.7. The second-order valence-corrected chi connectivity index (χ2v) is 10.5. The molecule has 0 aromatic heterocycles. The highest BCUT2D eigenvalue weighted by Crippen LogP contribution is 2.18. The number of hydrogen-bond donors (Lipinski definition) is 1.